The van der Waals surface area contributed by atoms with Gasteiger partial charge in [-0.2, -0.15) is 0 Å². The zero-order chi connectivity index (χ0) is 19.8. The fourth-order valence-corrected chi connectivity index (χ4v) is 4.15. The van der Waals surface area contributed by atoms with E-state index in [0.717, 1.165) is 50.4 Å². The van der Waals surface area contributed by atoms with Gasteiger partial charge in [0.25, 0.3) is 0 Å². The van der Waals surface area contributed by atoms with Crippen LogP contribution in [0.2, 0.25) is 0 Å². The molecule has 3 amide bonds. The van der Waals surface area contributed by atoms with Crippen molar-refractivity contribution in [3.05, 3.63) is 24.3 Å². The molecule has 0 aliphatic carbocycles. The van der Waals surface area contributed by atoms with Gasteiger partial charge in [-0.1, -0.05) is 19.8 Å². The van der Waals surface area contributed by atoms with Crippen molar-refractivity contribution in [1.29, 1.82) is 0 Å². The highest BCUT2D eigenvalue weighted by Gasteiger charge is 2.22. The summed E-state index contributed by atoms with van der Waals surface area (Å²) in [4.78, 5) is 26.6. The SMILES string of the molecule is CC(CC(=O)Nc1ccc(NC(=O)N2CCCCCC2)cc1)C1CCCNC1. The topological polar surface area (TPSA) is 73.5 Å². The molecule has 2 aliphatic rings. The maximum Gasteiger partial charge on any atom is 0.321 e. The Labute approximate surface area is 168 Å². The Morgan fingerprint density at radius 2 is 1.68 bits per heavy atom. The maximum absolute atomic E-state index is 12.4. The molecule has 0 aromatic heterocycles. The van der Waals surface area contributed by atoms with Gasteiger partial charge in [-0.25, -0.2) is 4.79 Å². The normalized spacial score (nSPS) is 21.5. The van der Waals surface area contributed by atoms with Crippen LogP contribution in [0, 0.1) is 11.8 Å². The summed E-state index contributed by atoms with van der Waals surface area (Å²) >= 11 is 0. The second-order valence-electron chi connectivity index (χ2n) is 8.24. The van der Waals surface area contributed by atoms with Crippen molar-refractivity contribution < 1.29 is 9.59 Å². The van der Waals surface area contributed by atoms with Crippen molar-refractivity contribution in [2.24, 2.45) is 11.8 Å². The van der Waals surface area contributed by atoms with Gasteiger partial charge in [0.15, 0.2) is 0 Å². The number of piperidine rings is 1. The Balaban J connectivity index is 1.45. The molecule has 2 heterocycles. The fourth-order valence-electron chi connectivity index (χ4n) is 4.15. The molecule has 1 aromatic rings. The third kappa shape index (κ3) is 6.23. The van der Waals surface area contributed by atoms with E-state index in [1.807, 2.05) is 29.2 Å². The van der Waals surface area contributed by atoms with E-state index in [1.165, 1.54) is 25.7 Å². The fraction of sp³-hybridized carbons (Fsp3) is 0.636. The summed E-state index contributed by atoms with van der Waals surface area (Å²) < 4.78 is 0. The molecule has 2 unspecified atom stereocenters. The van der Waals surface area contributed by atoms with E-state index < -0.39 is 0 Å². The molecular formula is C22H34N4O2. The monoisotopic (exact) mass is 386 g/mol. The van der Waals surface area contributed by atoms with Crippen LogP contribution in [0.15, 0.2) is 24.3 Å². The summed E-state index contributed by atoms with van der Waals surface area (Å²) in [5.74, 6) is 1.01. The Morgan fingerprint density at radius 1 is 1.04 bits per heavy atom. The summed E-state index contributed by atoms with van der Waals surface area (Å²) in [7, 11) is 0. The number of nitrogens with one attached hydrogen (secondary N) is 3. The standard InChI is InChI=1S/C22H34N4O2/c1-17(18-7-6-12-23-16-18)15-21(27)24-19-8-10-20(11-9-19)25-22(28)26-13-4-2-3-5-14-26/h8-11,17-18,23H,2-7,12-16H2,1H3,(H,24,27)(H,25,28). The number of carbonyl (C=O) groups is 2. The van der Waals surface area contributed by atoms with Crippen molar-refractivity contribution in [2.75, 3.05) is 36.8 Å². The molecule has 6 nitrogen and oxygen atoms in total. The number of nitrogens with zero attached hydrogens (tertiary/aromatic N) is 1. The molecule has 2 aliphatic heterocycles. The lowest BCUT2D eigenvalue weighted by atomic mass is 9.85. The number of anilines is 2. The van der Waals surface area contributed by atoms with Crippen LogP contribution in [0.3, 0.4) is 0 Å². The first-order valence-corrected chi connectivity index (χ1v) is 10.8. The first-order chi connectivity index (χ1) is 13.6. The van der Waals surface area contributed by atoms with Gasteiger partial charge in [-0.05, 0) is 74.9 Å². The van der Waals surface area contributed by atoms with E-state index in [-0.39, 0.29) is 11.9 Å². The molecule has 28 heavy (non-hydrogen) atoms. The molecule has 1 aromatic carbocycles. The molecule has 0 spiro atoms. The Morgan fingerprint density at radius 3 is 2.29 bits per heavy atom. The van der Waals surface area contributed by atoms with Crippen LogP contribution in [-0.2, 0) is 4.79 Å². The van der Waals surface area contributed by atoms with Gasteiger partial charge in [0, 0.05) is 30.9 Å². The van der Waals surface area contributed by atoms with E-state index in [4.69, 9.17) is 0 Å². The van der Waals surface area contributed by atoms with Gasteiger partial charge in [0.05, 0.1) is 0 Å². The molecule has 2 saturated heterocycles. The number of likely N-dealkylation sites (tertiary alicyclic amines) is 1. The van der Waals surface area contributed by atoms with Gasteiger partial charge >= 0.3 is 6.03 Å². The third-order valence-corrected chi connectivity index (χ3v) is 5.96. The highest BCUT2D eigenvalue weighted by Crippen LogP contribution is 2.23. The zero-order valence-electron chi connectivity index (χ0n) is 17.0. The molecule has 3 rings (SSSR count). The number of carbonyl (C=O) groups excluding carboxylic acids is 2. The largest absolute Gasteiger partial charge is 0.326 e. The number of benzene rings is 1. The van der Waals surface area contributed by atoms with Crippen LogP contribution >= 0.6 is 0 Å². The second-order valence-corrected chi connectivity index (χ2v) is 8.24. The van der Waals surface area contributed by atoms with Gasteiger partial charge in [-0.3, -0.25) is 4.79 Å². The molecule has 0 saturated carbocycles. The highest BCUT2D eigenvalue weighted by atomic mass is 16.2. The average Bonchev–Trinajstić information content (AvgIpc) is 3.00. The van der Waals surface area contributed by atoms with Crippen molar-refractivity contribution in [3.8, 4) is 0 Å². The molecule has 154 valence electrons. The number of urea groups is 1. The minimum atomic E-state index is -0.0337. The molecule has 2 fully saturated rings. The van der Waals surface area contributed by atoms with Crippen molar-refractivity contribution in [3.63, 3.8) is 0 Å². The second kappa shape index (κ2) is 10.5. The molecule has 6 heteroatoms. The van der Waals surface area contributed by atoms with Crippen molar-refractivity contribution >= 4 is 23.3 Å². The smallest absolute Gasteiger partial charge is 0.321 e. The molecular weight excluding hydrogens is 352 g/mol. The highest BCUT2D eigenvalue weighted by molar-refractivity contribution is 5.92. The Bertz CT molecular complexity index is 632. The van der Waals surface area contributed by atoms with Crippen LogP contribution in [-0.4, -0.2) is 43.0 Å². The van der Waals surface area contributed by atoms with Crippen molar-refractivity contribution in [2.45, 2.75) is 51.9 Å². The maximum atomic E-state index is 12.4. The van der Waals surface area contributed by atoms with Crippen LogP contribution < -0.4 is 16.0 Å². The van der Waals surface area contributed by atoms with E-state index in [1.54, 1.807) is 0 Å². The number of amides is 3. The van der Waals surface area contributed by atoms with Gasteiger partial charge in [-0.15, -0.1) is 0 Å². The first-order valence-electron chi connectivity index (χ1n) is 10.8. The van der Waals surface area contributed by atoms with Gasteiger partial charge in [0.1, 0.15) is 0 Å². The minimum absolute atomic E-state index is 0.0337. The predicted molar refractivity (Wildman–Crippen MR) is 114 cm³/mol. The van der Waals surface area contributed by atoms with E-state index in [2.05, 4.69) is 22.9 Å². The van der Waals surface area contributed by atoms with Crippen LogP contribution in [0.1, 0.15) is 51.9 Å². The molecule has 0 bridgehead atoms. The lowest BCUT2D eigenvalue weighted by Gasteiger charge is -2.28. The predicted octanol–water partition coefficient (Wildman–Crippen LogP) is 4.06. The van der Waals surface area contributed by atoms with E-state index in [0.29, 0.717) is 18.3 Å². The summed E-state index contributed by atoms with van der Waals surface area (Å²) in [5, 5.41) is 9.36. The van der Waals surface area contributed by atoms with Crippen LogP contribution in [0.4, 0.5) is 16.2 Å². The number of rotatable bonds is 5. The summed E-state index contributed by atoms with van der Waals surface area (Å²) in [5.41, 5.74) is 1.53. The zero-order valence-corrected chi connectivity index (χ0v) is 17.0. The quantitative estimate of drug-likeness (QED) is 0.714. The molecule has 3 N–H and O–H groups in total. The number of hydrogen-bond donors (Lipinski definition) is 3. The van der Waals surface area contributed by atoms with Crippen molar-refractivity contribution in [1.82, 2.24) is 10.2 Å². The average molecular weight is 387 g/mol. The van der Waals surface area contributed by atoms with Crippen LogP contribution in [0.25, 0.3) is 0 Å². The molecule has 2 atom stereocenters. The lowest BCUT2D eigenvalue weighted by Crippen LogP contribution is -2.35. The Hall–Kier alpha value is -2.08. The van der Waals surface area contributed by atoms with Gasteiger partial charge < -0.3 is 20.9 Å². The minimum Gasteiger partial charge on any atom is -0.326 e. The Kier molecular flexibility index (Phi) is 7.71. The lowest BCUT2D eigenvalue weighted by molar-refractivity contribution is -0.117. The third-order valence-electron chi connectivity index (χ3n) is 5.96. The van der Waals surface area contributed by atoms with Gasteiger partial charge in [0.2, 0.25) is 5.91 Å². The van der Waals surface area contributed by atoms with E-state index >= 15 is 0 Å². The summed E-state index contributed by atoms with van der Waals surface area (Å²) in [6.45, 7) is 5.93. The number of hydrogen-bond acceptors (Lipinski definition) is 3. The van der Waals surface area contributed by atoms with E-state index in [9.17, 15) is 9.59 Å². The first kappa shape index (κ1) is 20.6. The summed E-state index contributed by atoms with van der Waals surface area (Å²) in [6, 6.07) is 7.36. The molecule has 0 radical (unpaired) electrons. The van der Waals surface area contributed by atoms with Crippen LogP contribution in [0.5, 0.6) is 0 Å². The summed E-state index contributed by atoms with van der Waals surface area (Å²) in [6.07, 6.45) is 7.50.